The van der Waals surface area contributed by atoms with E-state index in [9.17, 15) is 0 Å². The molecule has 0 saturated heterocycles. The van der Waals surface area contributed by atoms with Gasteiger partial charge in [0.25, 0.3) is 0 Å². The van der Waals surface area contributed by atoms with Crippen molar-refractivity contribution in [3.63, 3.8) is 0 Å². The number of aromatic nitrogens is 1. The Hall–Kier alpha value is -0.120. The molecule has 0 N–H and O–H groups in total. The number of rotatable bonds is 0. The summed E-state index contributed by atoms with van der Waals surface area (Å²) < 4.78 is 1.12. The number of pyridine rings is 1. The zero-order chi connectivity index (χ0) is 7.84. The lowest BCUT2D eigenvalue weighted by Gasteiger charge is -1.96. The van der Waals surface area contributed by atoms with Crippen LogP contribution in [-0.4, -0.2) is 4.98 Å². The first-order valence-electron chi connectivity index (χ1n) is 3.89. The van der Waals surface area contributed by atoms with Crippen LogP contribution < -0.4 is 0 Å². The molecule has 0 spiro atoms. The molecule has 2 heteroatoms. The molecule has 0 fully saturated rings. The highest BCUT2D eigenvalue weighted by Gasteiger charge is 2.17. The lowest BCUT2D eigenvalue weighted by atomic mass is 10.1. The molecule has 1 nitrogen and oxygen atoms in total. The molecule has 1 atom stereocenters. The Kier molecular flexibility index (Phi) is 1.87. The van der Waals surface area contributed by atoms with Gasteiger partial charge in [-0.3, -0.25) is 4.98 Å². The fourth-order valence-corrected chi connectivity index (χ4v) is 2.21. The average molecular weight is 259 g/mol. The first-order chi connectivity index (χ1) is 5.25. The minimum atomic E-state index is 0.824. The van der Waals surface area contributed by atoms with Crippen LogP contribution in [0.2, 0.25) is 0 Å². The first-order valence-corrected chi connectivity index (χ1v) is 4.97. The Labute approximate surface area is 80.4 Å². The van der Waals surface area contributed by atoms with Crippen molar-refractivity contribution in [3.05, 3.63) is 27.1 Å². The van der Waals surface area contributed by atoms with Gasteiger partial charge in [-0.15, -0.1) is 0 Å². The van der Waals surface area contributed by atoms with E-state index in [2.05, 4.69) is 40.6 Å². The Morgan fingerprint density at radius 2 is 2.18 bits per heavy atom. The van der Waals surface area contributed by atoms with E-state index in [-0.39, 0.29) is 0 Å². The molecular weight excluding hydrogens is 249 g/mol. The first kappa shape index (κ1) is 7.53. The van der Waals surface area contributed by atoms with Crippen molar-refractivity contribution in [2.75, 3.05) is 0 Å². The molecule has 1 unspecified atom stereocenters. The summed E-state index contributed by atoms with van der Waals surface area (Å²) in [5, 5.41) is 0. The second-order valence-electron chi connectivity index (χ2n) is 3.29. The topological polar surface area (TPSA) is 12.9 Å². The van der Waals surface area contributed by atoms with Gasteiger partial charge in [0.1, 0.15) is 3.70 Å². The van der Waals surface area contributed by atoms with Gasteiger partial charge in [-0.25, -0.2) is 0 Å². The van der Waals surface area contributed by atoms with Gasteiger partial charge in [-0.2, -0.15) is 0 Å². The van der Waals surface area contributed by atoms with E-state index < -0.39 is 0 Å². The summed E-state index contributed by atoms with van der Waals surface area (Å²) in [6.07, 6.45) is 4.49. The van der Waals surface area contributed by atoms with Gasteiger partial charge in [0, 0.05) is 6.20 Å². The van der Waals surface area contributed by atoms with Gasteiger partial charge in [0.15, 0.2) is 0 Å². The molecule has 0 bridgehead atoms. The Balaban J connectivity index is 2.43. The van der Waals surface area contributed by atoms with Crippen molar-refractivity contribution in [2.24, 2.45) is 5.92 Å². The third kappa shape index (κ3) is 1.41. The van der Waals surface area contributed by atoms with Crippen molar-refractivity contribution >= 4 is 22.6 Å². The van der Waals surface area contributed by atoms with Crippen LogP contribution in [0.5, 0.6) is 0 Å². The van der Waals surface area contributed by atoms with Crippen LogP contribution in [0, 0.1) is 9.62 Å². The third-order valence-corrected chi connectivity index (χ3v) is 2.78. The quantitative estimate of drug-likeness (QED) is 0.515. The summed E-state index contributed by atoms with van der Waals surface area (Å²) in [4.78, 5) is 4.27. The fraction of sp³-hybridized carbons (Fsp3) is 0.444. The van der Waals surface area contributed by atoms with Crippen LogP contribution in [-0.2, 0) is 12.8 Å². The monoisotopic (exact) mass is 259 g/mol. The standard InChI is InChI=1S/C9H10IN/c1-6-2-7-4-9(10)11-5-8(7)3-6/h4-6H,2-3H2,1H3. The second kappa shape index (κ2) is 2.73. The van der Waals surface area contributed by atoms with Gasteiger partial charge in [0.05, 0.1) is 0 Å². The maximum atomic E-state index is 4.27. The summed E-state index contributed by atoms with van der Waals surface area (Å²) in [5.41, 5.74) is 2.97. The van der Waals surface area contributed by atoms with E-state index in [1.165, 1.54) is 24.0 Å². The van der Waals surface area contributed by atoms with Crippen LogP contribution in [0.1, 0.15) is 18.1 Å². The van der Waals surface area contributed by atoms with E-state index in [4.69, 9.17) is 0 Å². The molecule has 58 valence electrons. The Bertz CT molecular complexity index is 283. The van der Waals surface area contributed by atoms with Gasteiger partial charge >= 0.3 is 0 Å². The van der Waals surface area contributed by atoms with E-state index >= 15 is 0 Å². The zero-order valence-corrected chi connectivity index (χ0v) is 8.63. The molecule has 2 rings (SSSR count). The largest absolute Gasteiger partial charge is 0.250 e. The smallest absolute Gasteiger partial charge is 0.101 e. The molecular formula is C9H10IN. The van der Waals surface area contributed by atoms with Crippen LogP contribution in [0.25, 0.3) is 0 Å². The number of halogens is 1. The van der Waals surface area contributed by atoms with Crippen LogP contribution >= 0.6 is 22.6 Å². The van der Waals surface area contributed by atoms with Crippen molar-refractivity contribution in [2.45, 2.75) is 19.8 Å². The van der Waals surface area contributed by atoms with E-state index in [1.54, 1.807) is 0 Å². The van der Waals surface area contributed by atoms with Gasteiger partial charge in [0.2, 0.25) is 0 Å². The number of nitrogens with zero attached hydrogens (tertiary/aromatic N) is 1. The highest BCUT2D eigenvalue weighted by atomic mass is 127. The maximum Gasteiger partial charge on any atom is 0.101 e. The molecule has 0 saturated carbocycles. The molecule has 1 aromatic heterocycles. The maximum absolute atomic E-state index is 4.27. The number of hydrogen-bond donors (Lipinski definition) is 0. The summed E-state index contributed by atoms with van der Waals surface area (Å²) in [6.45, 7) is 2.30. The van der Waals surface area contributed by atoms with Crippen molar-refractivity contribution in [3.8, 4) is 0 Å². The molecule has 1 aliphatic carbocycles. The number of hydrogen-bond acceptors (Lipinski definition) is 1. The molecule has 1 heterocycles. The van der Waals surface area contributed by atoms with Crippen LogP contribution in [0.4, 0.5) is 0 Å². The van der Waals surface area contributed by atoms with Crippen LogP contribution in [0.3, 0.4) is 0 Å². The molecule has 0 aliphatic heterocycles. The molecule has 0 aromatic carbocycles. The Morgan fingerprint density at radius 3 is 3.00 bits per heavy atom. The SMILES string of the molecule is CC1Cc2cnc(I)cc2C1. The predicted octanol–water partition coefficient (Wildman–Crippen LogP) is 2.42. The summed E-state index contributed by atoms with van der Waals surface area (Å²) in [5.74, 6) is 0.824. The predicted molar refractivity (Wildman–Crippen MR) is 53.5 cm³/mol. The lowest BCUT2D eigenvalue weighted by Crippen LogP contribution is -1.89. The Morgan fingerprint density at radius 1 is 1.45 bits per heavy atom. The average Bonchev–Trinajstić information content (AvgIpc) is 2.27. The summed E-state index contributed by atoms with van der Waals surface area (Å²) >= 11 is 2.27. The van der Waals surface area contributed by atoms with E-state index in [0.29, 0.717) is 0 Å². The minimum absolute atomic E-state index is 0.824. The number of fused-ring (bicyclic) bond motifs is 1. The van der Waals surface area contributed by atoms with Gasteiger partial charge < -0.3 is 0 Å². The summed E-state index contributed by atoms with van der Waals surface area (Å²) in [7, 11) is 0. The van der Waals surface area contributed by atoms with Crippen LogP contribution in [0.15, 0.2) is 12.3 Å². The zero-order valence-electron chi connectivity index (χ0n) is 6.47. The third-order valence-electron chi connectivity index (χ3n) is 2.19. The van der Waals surface area contributed by atoms with Gasteiger partial charge in [-0.05, 0) is 58.5 Å². The van der Waals surface area contributed by atoms with Crippen molar-refractivity contribution in [1.82, 2.24) is 4.98 Å². The molecule has 0 radical (unpaired) electrons. The van der Waals surface area contributed by atoms with E-state index in [1.807, 2.05) is 6.20 Å². The van der Waals surface area contributed by atoms with Crippen molar-refractivity contribution in [1.29, 1.82) is 0 Å². The molecule has 1 aromatic rings. The molecule has 0 amide bonds. The van der Waals surface area contributed by atoms with Crippen molar-refractivity contribution < 1.29 is 0 Å². The second-order valence-corrected chi connectivity index (χ2v) is 4.39. The highest BCUT2D eigenvalue weighted by Crippen LogP contribution is 2.26. The fourth-order valence-electron chi connectivity index (χ4n) is 1.69. The molecule has 1 aliphatic rings. The lowest BCUT2D eigenvalue weighted by molar-refractivity contribution is 0.627. The van der Waals surface area contributed by atoms with Gasteiger partial charge in [-0.1, -0.05) is 6.92 Å². The highest BCUT2D eigenvalue weighted by molar-refractivity contribution is 14.1. The summed E-state index contributed by atoms with van der Waals surface area (Å²) in [6, 6.07) is 2.21. The molecule has 11 heavy (non-hydrogen) atoms. The normalized spacial score (nSPS) is 21.8. The minimum Gasteiger partial charge on any atom is -0.250 e. The van der Waals surface area contributed by atoms with E-state index in [0.717, 1.165) is 9.62 Å².